The van der Waals surface area contributed by atoms with E-state index in [0.717, 1.165) is 12.2 Å². The molecule has 1 heterocycles. The van der Waals surface area contributed by atoms with Gasteiger partial charge in [0.05, 0.1) is 6.33 Å². The normalized spacial score (nSPS) is 13.4. The molecule has 0 aliphatic heterocycles. The van der Waals surface area contributed by atoms with Crippen LogP contribution in [0, 0.1) is 5.41 Å². The van der Waals surface area contributed by atoms with Crippen LogP contribution in [0.2, 0.25) is 0 Å². The van der Waals surface area contributed by atoms with Gasteiger partial charge in [0.1, 0.15) is 0 Å². The Morgan fingerprint density at radius 1 is 1.20 bits per heavy atom. The van der Waals surface area contributed by atoms with Gasteiger partial charge in [-0.3, -0.25) is 0 Å². The molecule has 2 aromatic rings. The van der Waals surface area contributed by atoms with Crippen molar-refractivity contribution in [3.63, 3.8) is 0 Å². The van der Waals surface area contributed by atoms with Gasteiger partial charge in [-0.15, -0.1) is 0 Å². The number of rotatable bonds is 5. The van der Waals surface area contributed by atoms with Crippen LogP contribution in [0.15, 0.2) is 43.0 Å². The van der Waals surface area contributed by atoms with E-state index in [1.807, 2.05) is 17.1 Å². The van der Waals surface area contributed by atoms with Crippen LogP contribution in [0.3, 0.4) is 0 Å². The van der Waals surface area contributed by atoms with Crippen LogP contribution in [0.1, 0.15) is 45.7 Å². The summed E-state index contributed by atoms with van der Waals surface area (Å²) >= 11 is 0. The molecule has 0 aliphatic carbocycles. The summed E-state index contributed by atoms with van der Waals surface area (Å²) < 4.78 is 2.02. The minimum atomic E-state index is 0.384. The molecule has 0 amide bonds. The summed E-state index contributed by atoms with van der Waals surface area (Å²) in [6, 6.07) is 9.03. The Balaban J connectivity index is 1.92. The molecule has 0 spiro atoms. The first-order valence-corrected chi connectivity index (χ1v) is 7.27. The Kier molecular flexibility index (Phi) is 4.61. The molecule has 3 nitrogen and oxygen atoms in total. The molecule has 0 aliphatic rings. The molecule has 1 atom stereocenters. The zero-order valence-electron chi connectivity index (χ0n) is 12.9. The summed E-state index contributed by atoms with van der Waals surface area (Å²) in [6.07, 6.45) is 6.76. The highest BCUT2D eigenvalue weighted by atomic mass is 15.0. The zero-order chi connectivity index (χ0) is 14.6. The number of imidazole rings is 1. The molecular weight excluding hydrogens is 246 g/mol. The van der Waals surface area contributed by atoms with E-state index < -0.39 is 0 Å². The first kappa shape index (κ1) is 14.8. The average molecular weight is 271 g/mol. The van der Waals surface area contributed by atoms with Crippen molar-refractivity contribution in [3.8, 4) is 5.69 Å². The third-order valence-electron chi connectivity index (χ3n) is 3.52. The Morgan fingerprint density at radius 3 is 2.45 bits per heavy atom. The van der Waals surface area contributed by atoms with Gasteiger partial charge in [-0.2, -0.15) is 0 Å². The molecule has 0 radical (unpaired) electrons. The SMILES string of the molecule is CC(NCCC(C)(C)C)c1ccc(-n2ccnc2)cc1. The molecule has 1 unspecified atom stereocenters. The number of benzene rings is 1. The van der Waals surface area contributed by atoms with Crippen LogP contribution < -0.4 is 5.32 Å². The van der Waals surface area contributed by atoms with E-state index in [4.69, 9.17) is 0 Å². The molecule has 1 N–H and O–H groups in total. The van der Waals surface area contributed by atoms with Crippen LogP contribution in [-0.4, -0.2) is 16.1 Å². The van der Waals surface area contributed by atoms with Gasteiger partial charge in [0.2, 0.25) is 0 Å². The molecule has 3 heteroatoms. The largest absolute Gasteiger partial charge is 0.310 e. The fourth-order valence-electron chi connectivity index (χ4n) is 2.13. The highest BCUT2D eigenvalue weighted by Crippen LogP contribution is 2.19. The van der Waals surface area contributed by atoms with Crippen molar-refractivity contribution in [1.82, 2.24) is 14.9 Å². The van der Waals surface area contributed by atoms with E-state index in [0.29, 0.717) is 11.5 Å². The first-order chi connectivity index (χ1) is 9.46. The van der Waals surface area contributed by atoms with Crippen molar-refractivity contribution in [1.29, 1.82) is 0 Å². The van der Waals surface area contributed by atoms with Crippen molar-refractivity contribution in [2.24, 2.45) is 5.41 Å². The third-order valence-corrected chi connectivity index (χ3v) is 3.52. The smallest absolute Gasteiger partial charge is 0.0991 e. The zero-order valence-corrected chi connectivity index (χ0v) is 12.9. The topological polar surface area (TPSA) is 29.9 Å². The summed E-state index contributed by atoms with van der Waals surface area (Å²) in [5, 5.41) is 3.59. The summed E-state index contributed by atoms with van der Waals surface area (Å²) in [7, 11) is 0. The Hall–Kier alpha value is -1.61. The second kappa shape index (κ2) is 6.23. The minimum absolute atomic E-state index is 0.384. The fraction of sp³-hybridized carbons (Fsp3) is 0.471. The van der Waals surface area contributed by atoms with Crippen molar-refractivity contribution in [3.05, 3.63) is 48.5 Å². The van der Waals surface area contributed by atoms with Crippen LogP contribution in [-0.2, 0) is 0 Å². The van der Waals surface area contributed by atoms with Crippen molar-refractivity contribution in [2.75, 3.05) is 6.54 Å². The predicted octanol–water partition coefficient (Wildman–Crippen LogP) is 3.96. The Labute approximate surface area is 122 Å². The maximum absolute atomic E-state index is 4.07. The molecule has 0 saturated carbocycles. The molecule has 1 aromatic carbocycles. The fourth-order valence-corrected chi connectivity index (χ4v) is 2.13. The molecule has 1 aromatic heterocycles. The summed E-state index contributed by atoms with van der Waals surface area (Å²) in [5.41, 5.74) is 2.86. The quantitative estimate of drug-likeness (QED) is 0.892. The Bertz CT molecular complexity index is 506. The second-order valence-electron chi connectivity index (χ2n) is 6.55. The van der Waals surface area contributed by atoms with Gasteiger partial charge in [0, 0.05) is 24.1 Å². The van der Waals surface area contributed by atoms with Crippen LogP contribution >= 0.6 is 0 Å². The van der Waals surface area contributed by atoms with Gasteiger partial charge >= 0.3 is 0 Å². The van der Waals surface area contributed by atoms with Gasteiger partial charge in [0.15, 0.2) is 0 Å². The van der Waals surface area contributed by atoms with Crippen LogP contribution in [0.5, 0.6) is 0 Å². The molecule has 108 valence electrons. The highest BCUT2D eigenvalue weighted by Gasteiger charge is 2.11. The molecule has 0 bridgehead atoms. The Morgan fingerprint density at radius 2 is 1.90 bits per heavy atom. The summed E-state index contributed by atoms with van der Waals surface area (Å²) in [6.45, 7) is 10.1. The van der Waals surface area contributed by atoms with Crippen molar-refractivity contribution >= 4 is 0 Å². The van der Waals surface area contributed by atoms with E-state index in [2.05, 4.69) is 62.3 Å². The summed E-state index contributed by atoms with van der Waals surface area (Å²) in [4.78, 5) is 4.07. The van der Waals surface area contributed by atoms with E-state index in [9.17, 15) is 0 Å². The van der Waals surface area contributed by atoms with Gasteiger partial charge in [0.25, 0.3) is 0 Å². The molecule has 0 saturated heterocycles. The summed E-state index contributed by atoms with van der Waals surface area (Å²) in [5.74, 6) is 0. The van der Waals surface area contributed by atoms with Crippen molar-refractivity contribution in [2.45, 2.75) is 40.2 Å². The molecular formula is C17H25N3. The van der Waals surface area contributed by atoms with Gasteiger partial charge in [-0.1, -0.05) is 32.9 Å². The number of nitrogens with zero attached hydrogens (tertiary/aromatic N) is 2. The van der Waals surface area contributed by atoms with Gasteiger partial charge < -0.3 is 9.88 Å². The molecule has 2 rings (SSSR count). The van der Waals surface area contributed by atoms with E-state index in [1.165, 1.54) is 12.0 Å². The van der Waals surface area contributed by atoms with Crippen molar-refractivity contribution < 1.29 is 0 Å². The lowest BCUT2D eigenvalue weighted by atomic mass is 9.92. The number of hydrogen-bond acceptors (Lipinski definition) is 2. The second-order valence-corrected chi connectivity index (χ2v) is 6.55. The van der Waals surface area contributed by atoms with Gasteiger partial charge in [-0.25, -0.2) is 4.98 Å². The first-order valence-electron chi connectivity index (χ1n) is 7.27. The molecule has 20 heavy (non-hydrogen) atoms. The lowest BCUT2D eigenvalue weighted by Gasteiger charge is -2.21. The minimum Gasteiger partial charge on any atom is -0.310 e. The highest BCUT2D eigenvalue weighted by molar-refractivity contribution is 5.35. The van der Waals surface area contributed by atoms with E-state index >= 15 is 0 Å². The van der Waals surface area contributed by atoms with E-state index in [1.54, 1.807) is 6.20 Å². The monoisotopic (exact) mass is 271 g/mol. The lowest BCUT2D eigenvalue weighted by molar-refractivity contribution is 0.358. The maximum atomic E-state index is 4.07. The predicted molar refractivity (Wildman–Crippen MR) is 84.1 cm³/mol. The number of aromatic nitrogens is 2. The number of hydrogen-bond donors (Lipinski definition) is 1. The maximum Gasteiger partial charge on any atom is 0.0991 e. The standard InChI is InChI=1S/C17H25N3/c1-14(19-10-9-17(2,3)4)15-5-7-16(8-6-15)20-12-11-18-13-20/h5-8,11-14,19H,9-10H2,1-4H3. The van der Waals surface area contributed by atoms with E-state index in [-0.39, 0.29) is 0 Å². The third kappa shape index (κ3) is 4.20. The lowest BCUT2D eigenvalue weighted by Crippen LogP contribution is -2.23. The number of nitrogens with one attached hydrogen (secondary N) is 1. The average Bonchev–Trinajstić information content (AvgIpc) is 2.91. The van der Waals surface area contributed by atoms with Crippen LogP contribution in [0.4, 0.5) is 0 Å². The molecule has 0 fully saturated rings. The van der Waals surface area contributed by atoms with Crippen LogP contribution in [0.25, 0.3) is 5.69 Å². The van der Waals surface area contributed by atoms with Gasteiger partial charge in [-0.05, 0) is 43.0 Å².